The molecule has 5 aliphatic rings. The van der Waals surface area contributed by atoms with Crippen LogP contribution in [0.4, 0.5) is 10.5 Å². The number of benzene rings is 2. The smallest absolute Gasteiger partial charge is 0.335 e. The average molecular weight is 457 g/mol. The number of hydrogen-bond donors (Lipinski definition) is 1. The van der Waals surface area contributed by atoms with Crippen molar-refractivity contribution < 1.29 is 19.1 Å². The third-order valence-corrected chi connectivity index (χ3v) is 8.28. The summed E-state index contributed by atoms with van der Waals surface area (Å²) < 4.78 is 5.22. The van der Waals surface area contributed by atoms with Gasteiger partial charge in [-0.25, -0.2) is 9.69 Å². The lowest BCUT2D eigenvalue weighted by Crippen LogP contribution is -2.54. The number of amides is 4. The molecule has 0 aromatic heterocycles. The van der Waals surface area contributed by atoms with Gasteiger partial charge in [-0.1, -0.05) is 24.3 Å². The number of nitrogens with one attached hydrogen (secondary N) is 1. The molecular weight excluding hydrogens is 428 g/mol. The zero-order valence-corrected chi connectivity index (χ0v) is 19.3. The molecule has 2 aromatic carbocycles. The van der Waals surface area contributed by atoms with Crippen LogP contribution in [-0.2, 0) is 15.0 Å². The van der Waals surface area contributed by atoms with E-state index >= 15 is 0 Å². The molecule has 4 amide bonds. The van der Waals surface area contributed by atoms with Gasteiger partial charge in [0.2, 0.25) is 0 Å². The molecule has 4 aliphatic carbocycles. The van der Waals surface area contributed by atoms with Crippen LogP contribution in [0.3, 0.4) is 0 Å². The molecule has 0 unspecified atom stereocenters. The van der Waals surface area contributed by atoms with E-state index in [1.54, 1.807) is 31.4 Å². The third-order valence-electron chi connectivity index (χ3n) is 8.28. The van der Waals surface area contributed by atoms with Crippen molar-refractivity contribution in [3.63, 3.8) is 0 Å². The molecule has 174 valence electrons. The number of carbonyl (C=O) groups excluding carboxylic acids is 3. The molecule has 2 aromatic rings. The minimum absolute atomic E-state index is 0.0852. The quantitative estimate of drug-likeness (QED) is 0.528. The van der Waals surface area contributed by atoms with Gasteiger partial charge in [-0.15, -0.1) is 0 Å². The van der Waals surface area contributed by atoms with Crippen LogP contribution in [0.1, 0.15) is 49.7 Å². The SMILES string of the molecule is COc1cccc(/C=C2\C(=O)NC(=O)N(c3ccc(C45CC6CC(CC(C6)C4)C5)cc3)C2=O)c1. The molecule has 5 fully saturated rings. The summed E-state index contributed by atoms with van der Waals surface area (Å²) in [4.78, 5) is 39.4. The minimum atomic E-state index is -0.722. The highest BCUT2D eigenvalue weighted by atomic mass is 16.5. The first-order chi connectivity index (χ1) is 16.4. The Labute approximate surface area is 199 Å². The fraction of sp³-hybridized carbons (Fsp3) is 0.393. The normalized spacial score (nSPS) is 31.2. The van der Waals surface area contributed by atoms with E-state index in [4.69, 9.17) is 4.74 Å². The number of methoxy groups -OCH3 is 1. The molecule has 6 nitrogen and oxygen atoms in total. The monoisotopic (exact) mass is 456 g/mol. The standard InChI is InChI=1S/C28H28N2O4/c1-34-23-4-2-3-17(12-23)13-24-25(31)29-27(33)30(26(24)32)22-7-5-21(6-8-22)28-14-18-9-19(15-28)11-20(10-18)16-28/h2-8,12-13,18-20H,9-11,14-16H2,1H3,(H,29,31,33)/b24-13+. The highest BCUT2D eigenvalue weighted by molar-refractivity contribution is 6.39. The zero-order chi connectivity index (χ0) is 23.4. The summed E-state index contributed by atoms with van der Waals surface area (Å²) in [5.41, 5.74) is 2.60. The van der Waals surface area contributed by atoms with Crippen molar-refractivity contribution in [2.75, 3.05) is 12.0 Å². The number of anilines is 1. The summed E-state index contributed by atoms with van der Waals surface area (Å²) in [5, 5.41) is 2.31. The van der Waals surface area contributed by atoms with E-state index in [1.807, 2.05) is 12.1 Å². The van der Waals surface area contributed by atoms with Crippen LogP contribution in [0.15, 0.2) is 54.1 Å². The molecule has 1 N–H and O–H groups in total. The van der Waals surface area contributed by atoms with E-state index in [0.29, 0.717) is 17.0 Å². The van der Waals surface area contributed by atoms with Crippen molar-refractivity contribution in [3.8, 4) is 5.75 Å². The highest BCUT2D eigenvalue weighted by Crippen LogP contribution is 2.60. The summed E-state index contributed by atoms with van der Waals surface area (Å²) in [5.74, 6) is 1.83. The van der Waals surface area contributed by atoms with E-state index < -0.39 is 17.8 Å². The first kappa shape index (κ1) is 21.1. The van der Waals surface area contributed by atoms with Gasteiger partial charge >= 0.3 is 6.03 Å². The molecule has 1 heterocycles. The lowest BCUT2D eigenvalue weighted by atomic mass is 9.48. The predicted molar refractivity (Wildman–Crippen MR) is 128 cm³/mol. The summed E-state index contributed by atoms with van der Waals surface area (Å²) in [6.45, 7) is 0. The largest absolute Gasteiger partial charge is 0.497 e. The number of urea groups is 1. The van der Waals surface area contributed by atoms with Gasteiger partial charge in [0.15, 0.2) is 0 Å². The van der Waals surface area contributed by atoms with Gasteiger partial charge in [-0.3, -0.25) is 14.9 Å². The molecular formula is C28H28N2O4. The van der Waals surface area contributed by atoms with Crippen molar-refractivity contribution in [1.29, 1.82) is 0 Å². The van der Waals surface area contributed by atoms with Crippen LogP contribution < -0.4 is 15.0 Å². The summed E-state index contributed by atoms with van der Waals surface area (Å²) >= 11 is 0. The number of barbiturate groups is 1. The number of nitrogens with zero attached hydrogens (tertiary/aromatic N) is 1. The molecule has 1 aliphatic heterocycles. The zero-order valence-electron chi connectivity index (χ0n) is 19.3. The second-order valence-corrected chi connectivity index (χ2v) is 10.5. The van der Waals surface area contributed by atoms with Gasteiger partial charge in [-0.05, 0) is 103 Å². The van der Waals surface area contributed by atoms with Crippen LogP contribution in [-0.4, -0.2) is 25.0 Å². The van der Waals surface area contributed by atoms with E-state index in [0.717, 1.165) is 22.7 Å². The Hall–Kier alpha value is -3.41. The topological polar surface area (TPSA) is 75.7 Å². The first-order valence-corrected chi connectivity index (χ1v) is 12.1. The highest BCUT2D eigenvalue weighted by Gasteiger charge is 2.51. The van der Waals surface area contributed by atoms with Crippen molar-refractivity contribution in [1.82, 2.24) is 5.32 Å². The molecule has 0 radical (unpaired) electrons. The van der Waals surface area contributed by atoms with Gasteiger partial charge < -0.3 is 4.74 Å². The van der Waals surface area contributed by atoms with E-state index in [2.05, 4.69) is 17.4 Å². The number of rotatable bonds is 4. The Morgan fingerprint density at radius 3 is 2.21 bits per heavy atom. The second-order valence-electron chi connectivity index (χ2n) is 10.5. The number of hydrogen-bond acceptors (Lipinski definition) is 4. The summed E-state index contributed by atoms with van der Waals surface area (Å²) in [6, 6.07) is 14.2. The Morgan fingerprint density at radius 2 is 1.59 bits per heavy atom. The second kappa shape index (κ2) is 7.83. The minimum Gasteiger partial charge on any atom is -0.497 e. The predicted octanol–water partition coefficient (Wildman–Crippen LogP) is 4.83. The van der Waals surface area contributed by atoms with Gasteiger partial charge in [-0.2, -0.15) is 0 Å². The molecule has 0 atom stereocenters. The van der Waals surface area contributed by atoms with Crippen LogP contribution >= 0.6 is 0 Å². The van der Waals surface area contributed by atoms with E-state index in [9.17, 15) is 14.4 Å². The van der Waals surface area contributed by atoms with Gasteiger partial charge in [0, 0.05) is 0 Å². The van der Waals surface area contributed by atoms with Crippen molar-refractivity contribution >= 4 is 29.6 Å². The Morgan fingerprint density at radius 1 is 0.941 bits per heavy atom. The number of carbonyl (C=O) groups is 3. The number of imide groups is 2. The lowest BCUT2D eigenvalue weighted by Gasteiger charge is -2.57. The Bertz CT molecular complexity index is 1180. The third kappa shape index (κ3) is 3.44. The van der Waals surface area contributed by atoms with Gasteiger partial charge in [0.1, 0.15) is 11.3 Å². The van der Waals surface area contributed by atoms with Crippen molar-refractivity contribution in [2.24, 2.45) is 17.8 Å². The summed E-state index contributed by atoms with van der Waals surface area (Å²) in [6.07, 6.45) is 9.41. The Kier molecular flexibility index (Phi) is 4.87. The van der Waals surface area contributed by atoms with Crippen LogP contribution in [0.25, 0.3) is 6.08 Å². The van der Waals surface area contributed by atoms with Crippen LogP contribution in [0.2, 0.25) is 0 Å². The average Bonchev–Trinajstić information content (AvgIpc) is 2.81. The Balaban J connectivity index is 1.29. The molecule has 7 rings (SSSR count). The maximum absolute atomic E-state index is 13.3. The van der Waals surface area contributed by atoms with Gasteiger partial charge in [0.25, 0.3) is 11.8 Å². The molecule has 0 spiro atoms. The van der Waals surface area contributed by atoms with E-state index in [1.165, 1.54) is 50.2 Å². The molecule has 1 saturated heterocycles. The lowest BCUT2D eigenvalue weighted by molar-refractivity contribution is -0.122. The van der Waals surface area contributed by atoms with Crippen molar-refractivity contribution in [2.45, 2.75) is 43.9 Å². The summed E-state index contributed by atoms with van der Waals surface area (Å²) in [7, 11) is 1.55. The fourth-order valence-corrected chi connectivity index (χ4v) is 7.22. The van der Waals surface area contributed by atoms with Gasteiger partial charge in [0.05, 0.1) is 12.8 Å². The van der Waals surface area contributed by atoms with Crippen molar-refractivity contribution in [3.05, 3.63) is 65.2 Å². The fourth-order valence-electron chi connectivity index (χ4n) is 7.22. The van der Waals surface area contributed by atoms with Crippen LogP contribution in [0, 0.1) is 17.8 Å². The maximum atomic E-state index is 13.3. The number of ether oxygens (including phenoxy) is 1. The molecule has 34 heavy (non-hydrogen) atoms. The first-order valence-electron chi connectivity index (χ1n) is 12.1. The molecule has 6 heteroatoms. The maximum Gasteiger partial charge on any atom is 0.335 e. The van der Waals surface area contributed by atoms with Crippen LogP contribution in [0.5, 0.6) is 5.75 Å². The van der Waals surface area contributed by atoms with E-state index in [-0.39, 0.29) is 11.0 Å². The molecule has 4 bridgehead atoms. The molecule has 4 saturated carbocycles.